The maximum atomic E-state index is 12.5. The number of aromatic nitrogens is 6. The van der Waals surface area contributed by atoms with Gasteiger partial charge in [0.1, 0.15) is 0 Å². The van der Waals surface area contributed by atoms with E-state index in [4.69, 9.17) is 0 Å². The summed E-state index contributed by atoms with van der Waals surface area (Å²) in [7, 11) is 0. The Balaban J connectivity index is 1.78. The summed E-state index contributed by atoms with van der Waals surface area (Å²) in [5.41, 5.74) is 1.39. The van der Waals surface area contributed by atoms with Gasteiger partial charge in [0.25, 0.3) is 5.91 Å². The molecule has 0 radical (unpaired) electrons. The highest BCUT2D eigenvalue weighted by atomic mass is 16.1. The third-order valence-electron chi connectivity index (χ3n) is 3.43. The minimum absolute atomic E-state index is 0.178. The van der Waals surface area contributed by atoms with Crippen molar-refractivity contribution in [2.24, 2.45) is 0 Å². The molecule has 0 unspecified atom stereocenters. The van der Waals surface area contributed by atoms with E-state index < -0.39 is 0 Å². The number of amides is 1. The fourth-order valence-corrected chi connectivity index (χ4v) is 2.32. The van der Waals surface area contributed by atoms with Gasteiger partial charge in [-0.05, 0) is 30.7 Å². The van der Waals surface area contributed by atoms with Crippen molar-refractivity contribution >= 4 is 5.91 Å². The zero-order valence-corrected chi connectivity index (χ0v) is 12.7. The van der Waals surface area contributed by atoms with E-state index in [0.29, 0.717) is 11.4 Å². The highest BCUT2D eigenvalue weighted by Gasteiger charge is 2.19. The molecule has 0 fully saturated rings. The molecule has 0 aliphatic heterocycles. The van der Waals surface area contributed by atoms with Gasteiger partial charge in [-0.25, -0.2) is 4.68 Å². The summed E-state index contributed by atoms with van der Waals surface area (Å²) in [4.78, 5) is 12.5. The summed E-state index contributed by atoms with van der Waals surface area (Å²) in [6.45, 7) is 2.04. The second-order valence-electron chi connectivity index (χ2n) is 5.09. The first-order valence-electron chi connectivity index (χ1n) is 7.42. The van der Waals surface area contributed by atoms with Crippen molar-refractivity contribution in [3.63, 3.8) is 0 Å². The number of nitrogens with zero attached hydrogens (tertiary/aromatic N) is 5. The van der Waals surface area contributed by atoms with E-state index in [2.05, 4.69) is 31.0 Å². The van der Waals surface area contributed by atoms with Crippen LogP contribution in [-0.2, 0) is 0 Å². The highest BCUT2D eigenvalue weighted by molar-refractivity contribution is 5.94. The van der Waals surface area contributed by atoms with Crippen LogP contribution < -0.4 is 5.32 Å². The minimum atomic E-state index is -0.264. The summed E-state index contributed by atoms with van der Waals surface area (Å²) in [5, 5.41) is 21.0. The zero-order chi connectivity index (χ0) is 16.1. The number of tetrazole rings is 1. The molecule has 2 aromatic heterocycles. The fraction of sp³-hybridized carbons (Fsp3) is 0.267. The lowest BCUT2D eigenvalue weighted by Crippen LogP contribution is -2.29. The SMILES string of the molecule is CCC[C@@H](NC(=O)c1cccc(-n2cccn2)c1)c1nn[nH]n1. The maximum Gasteiger partial charge on any atom is 0.251 e. The van der Waals surface area contributed by atoms with Crippen molar-refractivity contribution in [2.45, 2.75) is 25.8 Å². The van der Waals surface area contributed by atoms with Gasteiger partial charge in [0.05, 0.1) is 11.7 Å². The van der Waals surface area contributed by atoms with E-state index in [0.717, 1.165) is 18.5 Å². The Morgan fingerprint density at radius 3 is 3.00 bits per heavy atom. The first kappa shape index (κ1) is 14.9. The van der Waals surface area contributed by atoms with Crippen molar-refractivity contribution in [1.82, 2.24) is 35.7 Å². The number of nitrogens with one attached hydrogen (secondary N) is 2. The summed E-state index contributed by atoms with van der Waals surface area (Å²) < 4.78 is 1.71. The van der Waals surface area contributed by atoms with E-state index in [1.54, 1.807) is 23.0 Å². The van der Waals surface area contributed by atoms with Crippen LogP contribution >= 0.6 is 0 Å². The molecule has 8 heteroatoms. The lowest BCUT2D eigenvalue weighted by molar-refractivity contribution is 0.0932. The molecule has 1 atom stereocenters. The quantitative estimate of drug-likeness (QED) is 0.721. The van der Waals surface area contributed by atoms with Crippen LogP contribution in [0.5, 0.6) is 0 Å². The average Bonchev–Trinajstić information content (AvgIpc) is 3.28. The zero-order valence-electron chi connectivity index (χ0n) is 12.7. The first-order valence-corrected chi connectivity index (χ1v) is 7.42. The smallest absolute Gasteiger partial charge is 0.251 e. The van der Waals surface area contributed by atoms with Gasteiger partial charge >= 0.3 is 0 Å². The monoisotopic (exact) mass is 311 g/mol. The molecule has 0 saturated heterocycles. The van der Waals surface area contributed by atoms with Crippen molar-refractivity contribution in [3.05, 3.63) is 54.1 Å². The van der Waals surface area contributed by atoms with Gasteiger partial charge in [0.15, 0.2) is 5.82 Å². The molecule has 0 aliphatic rings. The summed E-state index contributed by atoms with van der Waals surface area (Å²) in [6, 6.07) is 8.85. The van der Waals surface area contributed by atoms with Crippen LogP contribution in [0.25, 0.3) is 5.69 Å². The maximum absolute atomic E-state index is 12.5. The van der Waals surface area contributed by atoms with Gasteiger partial charge in [-0.1, -0.05) is 24.6 Å². The second kappa shape index (κ2) is 6.82. The topological polar surface area (TPSA) is 101 Å². The van der Waals surface area contributed by atoms with Crippen LogP contribution in [-0.4, -0.2) is 36.3 Å². The van der Waals surface area contributed by atoms with Gasteiger partial charge in [-0.3, -0.25) is 4.79 Å². The van der Waals surface area contributed by atoms with Gasteiger partial charge < -0.3 is 5.32 Å². The number of aromatic amines is 1. The number of carbonyl (C=O) groups is 1. The Labute approximate surface area is 132 Å². The molecule has 0 spiro atoms. The number of rotatable bonds is 6. The molecule has 0 aliphatic carbocycles. The number of carbonyl (C=O) groups excluding carboxylic acids is 1. The molecule has 1 amide bonds. The normalized spacial score (nSPS) is 12.0. The number of hydrogen-bond acceptors (Lipinski definition) is 5. The van der Waals surface area contributed by atoms with E-state index in [9.17, 15) is 4.79 Å². The molecule has 3 rings (SSSR count). The molecule has 1 aromatic carbocycles. The Morgan fingerprint density at radius 2 is 2.30 bits per heavy atom. The molecule has 2 heterocycles. The van der Waals surface area contributed by atoms with E-state index >= 15 is 0 Å². The van der Waals surface area contributed by atoms with Gasteiger partial charge in [-0.15, -0.1) is 10.2 Å². The lowest BCUT2D eigenvalue weighted by atomic mass is 10.1. The van der Waals surface area contributed by atoms with Crippen LogP contribution in [0.3, 0.4) is 0 Å². The highest BCUT2D eigenvalue weighted by Crippen LogP contribution is 2.15. The third kappa shape index (κ3) is 3.42. The lowest BCUT2D eigenvalue weighted by Gasteiger charge is -2.14. The number of H-pyrrole nitrogens is 1. The summed E-state index contributed by atoms with van der Waals surface area (Å²) >= 11 is 0. The Hall–Kier alpha value is -3.03. The third-order valence-corrected chi connectivity index (χ3v) is 3.43. The molecule has 0 bridgehead atoms. The van der Waals surface area contributed by atoms with Crippen LogP contribution in [0.4, 0.5) is 0 Å². The molecule has 0 saturated carbocycles. The molecular weight excluding hydrogens is 294 g/mol. The molecule has 23 heavy (non-hydrogen) atoms. The van der Waals surface area contributed by atoms with Gasteiger partial charge in [-0.2, -0.15) is 10.3 Å². The van der Waals surface area contributed by atoms with Crippen molar-refractivity contribution in [3.8, 4) is 5.69 Å². The van der Waals surface area contributed by atoms with Crippen LogP contribution in [0.1, 0.15) is 42.0 Å². The van der Waals surface area contributed by atoms with Crippen LogP contribution in [0.15, 0.2) is 42.7 Å². The minimum Gasteiger partial charge on any atom is -0.342 e. The van der Waals surface area contributed by atoms with Crippen molar-refractivity contribution in [1.29, 1.82) is 0 Å². The summed E-state index contributed by atoms with van der Waals surface area (Å²) in [5.74, 6) is 0.311. The molecule has 3 aromatic rings. The average molecular weight is 311 g/mol. The number of benzene rings is 1. The Bertz CT molecular complexity index is 752. The standard InChI is InChI=1S/C15H17N7O/c1-2-5-13(14-18-20-21-19-14)17-15(23)11-6-3-7-12(10-11)22-9-4-8-16-22/h3-4,6-10,13H,2,5H2,1H3,(H,17,23)(H,18,19,20,21)/t13-/m1/s1. The van der Waals surface area contributed by atoms with Crippen LogP contribution in [0.2, 0.25) is 0 Å². The van der Waals surface area contributed by atoms with E-state index in [1.165, 1.54) is 0 Å². The Kier molecular flexibility index (Phi) is 4.41. The number of hydrogen-bond donors (Lipinski definition) is 2. The second-order valence-corrected chi connectivity index (χ2v) is 5.09. The predicted octanol–water partition coefficient (Wildman–Crippen LogP) is 1.66. The molecule has 8 nitrogen and oxygen atoms in total. The first-order chi connectivity index (χ1) is 11.3. The molecule has 2 N–H and O–H groups in total. The summed E-state index contributed by atoms with van der Waals surface area (Å²) in [6.07, 6.45) is 5.16. The van der Waals surface area contributed by atoms with E-state index in [1.807, 2.05) is 31.3 Å². The van der Waals surface area contributed by atoms with Crippen molar-refractivity contribution in [2.75, 3.05) is 0 Å². The van der Waals surface area contributed by atoms with Gasteiger partial charge in [0.2, 0.25) is 0 Å². The fourth-order valence-electron chi connectivity index (χ4n) is 2.32. The van der Waals surface area contributed by atoms with E-state index in [-0.39, 0.29) is 11.9 Å². The molecular formula is C15H17N7O. The Morgan fingerprint density at radius 1 is 1.39 bits per heavy atom. The molecule has 118 valence electrons. The largest absolute Gasteiger partial charge is 0.342 e. The van der Waals surface area contributed by atoms with Gasteiger partial charge in [0, 0.05) is 18.0 Å². The van der Waals surface area contributed by atoms with Crippen molar-refractivity contribution < 1.29 is 4.79 Å². The van der Waals surface area contributed by atoms with Crippen LogP contribution in [0, 0.1) is 0 Å². The predicted molar refractivity (Wildman–Crippen MR) is 82.9 cm³/mol.